The van der Waals surface area contributed by atoms with E-state index in [0.29, 0.717) is 0 Å². The maximum atomic E-state index is 5.89. The van der Waals surface area contributed by atoms with E-state index in [-0.39, 0.29) is 0 Å². The van der Waals surface area contributed by atoms with Crippen molar-refractivity contribution < 1.29 is 0 Å². The molecule has 0 atom stereocenters. The molecule has 2 rings (SSSR count). The van der Waals surface area contributed by atoms with Crippen LogP contribution in [0.25, 0.3) is 0 Å². The maximum absolute atomic E-state index is 5.89. The van der Waals surface area contributed by atoms with E-state index < -0.39 is 0 Å². The molecule has 90 valence electrons. The molecule has 0 spiro atoms. The molecule has 0 aliphatic carbocycles. The number of hydrogen-bond donors (Lipinski definition) is 1. The Morgan fingerprint density at radius 3 is 3.00 bits per heavy atom. The normalized spacial score (nSPS) is 10.5. The van der Waals surface area contributed by atoms with Gasteiger partial charge in [0.1, 0.15) is 0 Å². The van der Waals surface area contributed by atoms with Gasteiger partial charge in [0.25, 0.3) is 0 Å². The van der Waals surface area contributed by atoms with Gasteiger partial charge in [-0.05, 0) is 41.1 Å². The monoisotopic (exact) mass is 313 g/mol. The van der Waals surface area contributed by atoms with Gasteiger partial charge in [0, 0.05) is 27.9 Å². The number of benzene rings is 1. The highest BCUT2D eigenvalue weighted by Crippen LogP contribution is 2.26. The highest BCUT2D eigenvalue weighted by molar-refractivity contribution is 9.10. The molecule has 5 heteroatoms. The predicted octanol–water partition coefficient (Wildman–Crippen LogP) is 3.93. The number of hydrogen-bond acceptors (Lipinski definition) is 2. The maximum Gasteiger partial charge on any atom is 0.0948 e. The average molecular weight is 315 g/mol. The molecule has 1 aromatic carbocycles. The largest absolute Gasteiger partial charge is 0.378 e. The van der Waals surface area contributed by atoms with Gasteiger partial charge in [-0.3, -0.25) is 0 Å². The first kappa shape index (κ1) is 12.5. The minimum Gasteiger partial charge on any atom is -0.378 e. The van der Waals surface area contributed by atoms with Crippen LogP contribution < -0.4 is 5.32 Å². The lowest BCUT2D eigenvalue weighted by atomic mass is 10.3. The lowest BCUT2D eigenvalue weighted by Crippen LogP contribution is -2.06. The molecule has 2 aromatic rings. The smallest absolute Gasteiger partial charge is 0.0948 e. The number of halogens is 2. The minimum absolute atomic E-state index is 0.723. The summed E-state index contributed by atoms with van der Waals surface area (Å²) < 4.78 is 3.07. The first-order chi connectivity index (χ1) is 8.20. The second kappa shape index (κ2) is 5.56. The lowest BCUT2D eigenvalue weighted by molar-refractivity contribution is 0.719. The molecule has 1 N–H and O–H groups in total. The van der Waals surface area contributed by atoms with Crippen LogP contribution in [0.4, 0.5) is 5.69 Å². The predicted molar refractivity (Wildman–Crippen MR) is 74.4 cm³/mol. The highest BCUT2D eigenvalue weighted by Gasteiger charge is 2.03. The van der Waals surface area contributed by atoms with E-state index in [0.717, 1.165) is 34.0 Å². The van der Waals surface area contributed by atoms with Crippen molar-refractivity contribution >= 4 is 33.2 Å². The summed E-state index contributed by atoms with van der Waals surface area (Å²) in [5.74, 6) is 0. The SMILES string of the molecule is CCn1cncc1CNc1ccc(Cl)cc1Br. The van der Waals surface area contributed by atoms with Crippen molar-refractivity contribution in [2.24, 2.45) is 0 Å². The highest BCUT2D eigenvalue weighted by atomic mass is 79.9. The molecule has 0 bridgehead atoms. The second-order valence-corrected chi connectivity index (χ2v) is 4.94. The first-order valence-corrected chi connectivity index (χ1v) is 6.55. The molecular formula is C12H13BrClN3. The van der Waals surface area contributed by atoms with E-state index >= 15 is 0 Å². The van der Waals surface area contributed by atoms with Crippen LogP contribution in [-0.4, -0.2) is 9.55 Å². The molecule has 0 unspecified atom stereocenters. The molecule has 0 fully saturated rings. The molecule has 1 aromatic heterocycles. The fraction of sp³-hybridized carbons (Fsp3) is 0.250. The zero-order valence-corrected chi connectivity index (χ0v) is 11.8. The van der Waals surface area contributed by atoms with Crippen molar-refractivity contribution in [1.82, 2.24) is 9.55 Å². The van der Waals surface area contributed by atoms with Gasteiger partial charge in [-0.2, -0.15) is 0 Å². The van der Waals surface area contributed by atoms with Gasteiger partial charge < -0.3 is 9.88 Å². The zero-order chi connectivity index (χ0) is 12.3. The van der Waals surface area contributed by atoms with Gasteiger partial charge in [-0.15, -0.1) is 0 Å². The van der Waals surface area contributed by atoms with Crippen LogP contribution in [0.15, 0.2) is 35.2 Å². The molecule has 0 aliphatic rings. The number of nitrogens with zero attached hydrogens (tertiary/aromatic N) is 2. The van der Waals surface area contributed by atoms with E-state index in [1.165, 1.54) is 0 Å². The second-order valence-electron chi connectivity index (χ2n) is 3.65. The van der Waals surface area contributed by atoms with E-state index in [9.17, 15) is 0 Å². The number of anilines is 1. The van der Waals surface area contributed by atoms with Crippen LogP contribution in [0.2, 0.25) is 5.02 Å². The van der Waals surface area contributed by atoms with Gasteiger partial charge in [-0.1, -0.05) is 11.6 Å². The van der Waals surface area contributed by atoms with E-state index in [1.807, 2.05) is 30.7 Å². The fourth-order valence-corrected chi connectivity index (χ4v) is 2.42. The van der Waals surface area contributed by atoms with Crippen LogP contribution in [0.3, 0.4) is 0 Å². The van der Waals surface area contributed by atoms with E-state index in [4.69, 9.17) is 11.6 Å². The Morgan fingerprint density at radius 2 is 2.29 bits per heavy atom. The standard InChI is InChI=1S/C12H13BrClN3/c1-2-17-8-15-6-10(17)7-16-12-4-3-9(14)5-11(12)13/h3-6,8,16H,2,7H2,1H3. The number of aryl methyl sites for hydroxylation is 1. The molecule has 1 heterocycles. The number of nitrogens with one attached hydrogen (secondary N) is 1. The Balaban J connectivity index is 2.07. The van der Waals surface area contributed by atoms with Crippen LogP contribution in [0, 0.1) is 0 Å². The fourth-order valence-electron chi connectivity index (χ4n) is 1.60. The minimum atomic E-state index is 0.723. The van der Waals surface area contributed by atoms with Crippen LogP contribution in [0.1, 0.15) is 12.6 Å². The van der Waals surface area contributed by atoms with Crippen LogP contribution in [0.5, 0.6) is 0 Å². The quantitative estimate of drug-likeness (QED) is 0.926. The van der Waals surface area contributed by atoms with Crippen molar-refractivity contribution in [3.63, 3.8) is 0 Å². The van der Waals surface area contributed by atoms with Crippen molar-refractivity contribution in [3.8, 4) is 0 Å². The molecule has 0 saturated carbocycles. The van der Waals surface area contributed by atoms with E-state index in [1.54, 1.807) is 0 Å². The number of aromatic nitrogens is 2. The first-order valence-electron chi connectivity index (χ1n) is 5.38. The Morgan fingerprint density at radius 1 is 1.47 bits per heavy atom. The van der Waals surface area contributed by atoms with Crippen molar-refractivity contribution in [1.29, 1.82) is 0 Å². The summed E-state index contributed by atoms with van der Waals surface area (Å²) in [7, 11) is 0. The topological polar surface area (TPSA) is 29.9 Å². The van der Waals surface area contributed by atoms with Crippen LogP contribution >= 0.6 is 27.5 Å². The molecule has 0 radical (unpaired) electrons. The van der Waals surface area contributed by atoms with Gasteiger partial charge in [0.2, 0.25) is 0 Å². The third kappa shape index (κ3) is 3.01. The third-order valence-corrected chi connectivity index (χ3v) is 3.42. The summed E-state index contributed by atoms with van der Waals surface area (Å²) in [6.07, 6.45) is 3.72. The Bertz CT molecular complexity index is 510. The molecular weight excluding hydrogens is 302 g/mol. The molecule has 0 saturated heterocycles. The number of imidazole rings is 1. The summed E-state index contributed by atoms with van der Waals surface area (Å²) in [4.78, 5) is 4.13. The van der Waals surface area contributed by atoms with Gasteiger partial charge >= 0.3 is 0 Å². The van der Waals surface area contributed by atoms with Crippen molar-refractivity contribution in [2.75, 3.05) is 5.32 Å². The third-order valence-electron chi connectivity index (χ3n) is 2.53. The van der Waals surface area contributed by atoms with Crippen LogP contribution in [-0.2, 0) is 13.1 Å². The van der Waals surface area contributed by atoms with Gasteiger partial charge in [0.05, 0.1) is 18.6 Å². The summed E-state index contributed by atoms with van der Waals surface area (Å²) in [6.45, 7) is 3.77. The summed E-state index contributed by atoms with van der Waals surface area (Å²) in [5.41, 5.74) is 2.19. The molecule has 17 heavy (non-hydrogen) atoms. The zero-order valence-electron chi connectivity index (χ0n) is 9.45. The molecule has 3 nitrogen and oxygen atoms in total. The van der Waals surface area contributed by atoms with Gasteiger partial charge in [-0.25, -0.2) is 4.98 Å². The number of rotatable bonds is 4. The van der Waals surface area contributed by atoms with Gasteiger partial charge in [0.15, 0.2) is 0 Å². The summed E-state index contributed by atoms with van der Waals surface area (Å²) in [5, 5.41) is 4.07. The van der Waals surface area contributed by atoms with Crippen molar-refractivity contribution in [2.45, 2.75) is 20.0 Å². The van der Waals surface area contributed by atoms with E-state index in [2.05, 4.69) is 37.7 Å². The Labute approximate surface area is 114 Å². The van der Waals surface area contributed by atoms with Crippen molar-refractivity contribution in [3.05, 3.63) is 45.9 Å². The Hall–Kier alpha value is -1.000. The Kier molecular flexibility index (Phi) is 4.07. The summed E-state index contributed by atoms with van der Waals surface area (Å²) in [6, 6.07) is 5.70. The lowest BCUT2D eigenvalue weighted by Gasteiger charge is -2.10. The average Bonchev–Trinajstić information content (AvgIpc) is 2.75. The molecule has 0 aliphatic heterocycles. The molecule has 0 amide bonds. The summed E-state index contributed by atoms with van der Waals surface area (Å²) >= 11 is 9.37.